The van der Waals surface area contributed by atoms with Gasteiger partial charge in [0.1, 0.15) is 0 Å². The van der Waals surface area contributed by atoms with Crippen molar-refractivity contribution in [1.82, 2.24) is 0 Å². The first-order valence-electron chi connectivity index (χ1n) is 5.15. The largest absolute Gasteiger partial charge is 0.0620 e. The summed E-state index contributed by atoms with van der Waals surface area (Å²) in [4.78, 5) is 0. The van der Waals surface area contributed by atoms with Crippen LogP contribution >= 0.6 is 8.58 Å². The van der Waals surface area contributed by atoms with Gasteiger partial charge in [0.15, 0.2) is 0 Å². The highest BCUT2D eigenvalue weighted by atomic mass is 31.1. The van der Waals surface area contributed by atoms with Gasteiger partial charge < -0.3 is 0 Å². The molecule has 0 spiro atoms. The zero-order valence-electron chi connectivity index (χ0n) is 9.53. The van der Waals surface area contributed by atoms with E-state index in [0.29, 0.717) is 0 Å². The Bertz CT molecular complexity index is 422. The number of hydrogen-bond acceptors (Lipinski definition) is 0. The van der Waals surface area contributed by atoms with Gasteiger partial charge in [0.25, 0.3) is 0 Å². The second-order valence-corrected chi connectivity index (χ2v) is 5.08. The quantitative estimate of drug-likeness (QED) is 0.710. The van der Waals surface area contributed by atoms with Crippen molar-refractivity contribution < 1.29 is 5.48 Å². The lowest BCUT2D eigenvalue weighted by molar-refractivity contribution is 0.686. The second-order valence-electron chi connectivity index (χ2n) is 3.75. The average Bonchev–Trinajstić information content (AvgIpc) is 2.24. The fraction of sp³-hybridized carbons (Fsp3) is 0.143. The maximum Gasteiger partial charge on any atom is 0 e. The van der Waals surface area contributed by atoms with E-state index >= 15 is 0 Å². The maximum absolute atomic E-state index is 2.22. The Kier molecular flexibility index (Phi) is 4.67. The smallest absolute Gasteiger partial charge is 0 e. The normalized spacial score (nSPS) is 9.62. The SMILES string of the molecule is Cc1ccccc1Pc1ccccc1C.[O]. The van der Waals surface area contributed by atoms with Crippen molar-refractivity contribution in [2.24, 2.45) is 0 Å². The van der Waals surface area contributed by atoms with Crippen molar-refractivity contribution in [3.63, 3.8) is 0 Å². The van der Waals surface area contributed by atoms with E-state index in [0.717, 1.165) is 8.58 Å². The van der Waals surface area contributed by atoms with Crippen LogP contribution in [0.25, 0.3) is 0 Å². The molecule has 0 aliphatic carbocycles. The first-order valence-corrected chi connectivity index (χ1v) is 6.15. The summed E-state index contributed by atoms with van der Waals surface area (Å²) in [7, 11) is 0.774. The molecule has 0 atom stereocenters. The molecule has 0 aliphatic rings. The summed E-state index contributed by atoms with van der Waals surface area (Å²) in [6, 6.07) is 17.2. The summed E-state index contributed by atoms with van der Waals surface area (Å²) >= 11 is 0. The predicted octanol–water partition coefficient (Wildman–Crippen LogP) is 2.81. The molecule has 1 nitrogen and oxygen atoms in total. The van der Waals surface area contributed by atoms with E-state index in [9.17, 15) is 0 Å². The van der Waals surface area contributed by atoms with E-state index in [2.05, 4.69) is 62.4 Å². The van der Waals surface area contributed by atoms with Crippen LogP contribution in [-0.4, -0.2) is 0 Å². The van der Waals surface area contributed by atoms with Crippen molar-refractivity contribution in [3.8, 4) is 0 Å². The fourth-order valence-corrected chi connectivity index (χ4v) is 2.78. The standard InChI is InChI=1S/C14H15P.O/c1-11-7-3-5-9-13(11)15-14-10-6-4-8-12(14)2;/h3-10,15H,1-2H3;. The van der Waals surface area contributed by atoms with Crippen LogP contribution in [0.4, 0.5) is 0 Å². The third-order valence-corrected chi connectivity index (χ3v) is 4.22. The molecule has 0 aromatic heterocycles. The number of rotatable bonds is 2. The summed E-state index contributed by atoms with van der Waals surface area (Å²) in [6.45, 7) is 4.36. The van der Waals surface area contributed by atoms with Gasteiger partial charge in [0.05, 0.1) is 0 Å². The Morgan fingerprint density at radius 2 is 1.06 bits per heavy atom. The van der Waals surface area contributed by atoms with Crippen LogP contribution in [0.15, 0.2) is 48.5 Å². The van der Waals surface area contributed by atoms with Crippen molar-refractivity contribution >= 4 is 19.2 Å². The zero-order chi connectivity index (χ0) is 10.7. The molecule has 0 heterocycles. The monoisotopic (exact) mass is 230 g/mol. The van der Waals surface area contributed by atoms with Crippen LogP contribution in [0.1, 0.15) is 11.1 Å². The molecule has 0 unspecified atom stereocenters. The summed E-state index contributed by atoms with van der Waals surface area (Å²) in [5.41, 5.74) is 2.78. The van der Waals surface area contributed by atoms with Crippen LogP contribution in [-0.2, 0) is 5.48 Å². The molecule has 2 rings (SSSR count). The lowest BCUT2D eigenvalue weighted by Crippen LogP contribution is -2.08. The van der Waals surface area contributed by atoms with Crippen molar-refractivity contribution in [2.75, 3.05) is 0 Å². The molecular weight excluding hydrogens is 215 g/mol. The van der Waals surface area contributed by atoms with Gasteiger partial charge in [0.2, 0.25) is 0 Å². The molecular formula is C14H15OP. The first-order chi connectivity index (χ1) is 7.27. The van der Waals surface area contributed by atoms with E-state index in [1.807, 2.05) is 0 Å². The summed E-state index contributed by atoms with van der Waals surface area (Å²) < 4.78 is 0. The van der Waals surface area contributed by atoms with E-state index in [4.69, 9.17) is 0 Å². The lowest BCUT2D eigenvalue weighted by Gasteiger charge is -2.08. The zero-order valence-corrected chi connectivity index (χ0v) is 10.5. The third kappa shape index (κ3) is 2.91. The Morgan fingerprint density at radius 3 is 1.44 bits per heavy atom. The molecule has 0 saturated heterocycles. The molecule has 0 amide bonds. The third-order valence-electron chi connectivity index (χ3n) is 2.56. The lowest BCUT2D eigenvalue weighted by atomic mass is 10.2. The summed E-state index contributed by atoms with van der Waals surface area (Å²) in [6.07, 6.45) is 0. The van der Waals surface area contributed by atoms with Gasteiger partial charge in [-0.25, -0.2) is 0 Å². The highest BCUT2D eigenvalue weighted by molar-refractivity contribution is 7.55. The predicted molar refractivity (Wildman–Crippen MR) is 70.6 cm³/mol. The molecule has 0 aliphatic heterocycles. The van der Waals surface area contributed by atoms with Gasteiger partial charge in [-0.1, -0.05) is 57.1 Å². The van der Waals surface area contributed by atoms with Gasteiger partial charge in [-0.05, 0) is 35.6 Å². The van der Waals surface area contributed by atoms with Gasteiger partial charge in [-0.3, -0.25) is 0 Å². The Labute approximate surface area is 98.6 Å². The average molecular weight is 230 g/mol. The molecule has 0 bridgehead atoms. The van der Waals surface area contributed by atoms with Crippen molar-refractivity contribution in [3.05, 3.63) is 59.7 Å². The van der Waals surface area contributed by atoms with Crippen molar-refractivity contribution in [1.29, 1.82) is 0 Å². The molecule has 2 aromatic rings. The molecule has 2 heteroatoms. The first kappa shape index (κ1) is 12.9. The fourth-order valence-electron chi connectivity index (χ4n) is 1.57. The summed E-state index contributed by atoms with van der Waals surface area (Å²) in [5, 5.41) is 2.90. The highest BCUT2D eigenvalue weighted by Crippen LogP contribution is 2.15. The van der Waals surface area contributed by atoms with Crippen LogP contribution < -0.4 is 10.6 Å². The molecule has 0 N–H and O–H groups in total. The molecule has 2 aromatic carbocycles. The second kappa shape index (κ2) is 5.79. The van der Waals surface area contributed by atoms with Crippen molar-refractivity contribution in [2.45, 2.75) is 13.8 Å². The van der Waals surface area contributed by atoms with Crippen LogP contribution in [0, 0.1) is 13.8 Å². The number of aryl methyl sites for hydroxylation is 2. The number of hydrogen-bond donors (Lipinski definition) is 0. The molecule has 2 radical (unpaired) electrons. The molecule has 0 fully saturated rings. The molecule has 82 valence electrons. The minimum absolute atomic E-state index is 0. The van der Waals surface area contributed by atoms with E-state index in [-0.39, 0.29) is 5.48 Å². The van der Waals surface area contributed by atoms with Gasteiger partial charge >= 0.3 is 0 Å². The topological polar surface area (TPSA) is 28.5 Å². The summed E-state index contributed by atoms with van der Waals surface area (Å²) in [5.74, 6) is 0. The maximum atomic E-state index is 2.22. The Morgan fingerprint density at radius 1 is 0.688 bits per heavy atom. The molecule has 16 heavy (non-hydrogen) atoms. The number of benzene rings is 2. The Balaban J connectivity index is 0.00000128. The molecule has 0 saturated carbocycles. The van der Waals surface area contributed by atoms with Crippen LogP contribution in [0.5, 0.6) is 0 Å². The highest BCUT2D eigenvalue weighted by Gasteiger charge is 2.00. The Hall–Kier alpha value is -1.17. The van der Waals surface area contributed by atoms with Crippen LogP contribution in [0.2, 0.25) is 0 Å². The minimum Gasteiger partial charge on any atom is -0.0620 e. The van der Waals surface area contributed by atoms with E-state index in [1.165, 1.54) is 21.7 Å². The minimum atomic E-state index is 0. The van der Waals surface area contributed by atoms with E-state index < -0.39 is 0 Å². The van der Waals surface area contributed by atoms with Gasteiger partial charge in [-0.15, -0.1) is 0 Å². The van der Waals surface area contributed by atoms with Gasteiger partial charge in [0, 0.05) is 5.48 Å². The van der Waals surface area contributed by atoms with Gasteiger partial charge in [-0.2, -0.15) is 0 Å². The van der Waals surface area contributed by atoms with Crippen LogP contribution in [0.3, 0.4) is 0 Å². The van der Waals surface area contributed by atoms with E-state index in [1.54, 1.807) is 0 Å².